The maximum atomic E-state index is 6.38. The smallest absolute Gasteiger partial charge is 0.124 e. The first kappa shape index (κ1) is 19.9. The van der Waals surface area contributed by atoms with Crippen molar-refractivity contribution >= 4 is 28.8 Å². The molecule has 1 saturated heterocycles. The van der Waals surface area contributed by atoms with Gasteiger partial charge >= 0.3 is 0 Å². The molecule has 2 heterocycles. The van der Waals surface area contributed by atoms with E-state index in [0.717, 1.165) is 71.1 Å². The van der Waals surface area contributed by atoms with Gasteiger partial charge in [-0.1, -0.05) is 34.3 Å². The summed E-state index contributed by atoms with van der Waals surface area (Å²) in [6.07, 6.45) is 0. The normalized spacial score (nSPS) is 14.8. The molecule has 152 valence electrons. The second-order valence-electron chi connectivity index (χ2n) is 6.86. The zero-order chi connectivity index (χ0) is 20.2. The molecule has 0 amide bonds. The summed E-state index contributed by atoms with van der Waals surface area (Å²) in [6.45, 7) is 4.51. The quantitative estimate of drug-likeness (QED) is 0.584. The molecule has 1 aromatic heterocycles. The third-order valence-corrected chi connectivity index (χ3v) is 6.25. The molecule has 0 aliphatic carbocycles. The fraction of sp³-hybridized carbons (Fsp3) is 0.333. The Kier molecular flexibility index (Phi) is 6.18. The van der Waals surface area contributed by atoms with Crippen LogP contribution in [0.2, 0.25) is 5.02 Å². The molecule has 0 N–H and O–H groups in total. The van der Waals surface area contributed by atoms with Crippen molar-refractivity contribution in [1.29, 1.82) is 0 Å². The zero-order valence-electron chi connectivity index (χ0n) is 16.5. The van der Waals surface area contributed by atoms with Gasteiger partial charge < -0.3 is 14.4 Å². The first-order valence-corrected chi connectivity index (χ1v) is 10.6. The molecule has 0 atom stereocenters. The number of aromatic nitrogens is 2. The lowest BCUT2D eigenvalue weighted by Gasteiger charge is -2.36. The van der Waals surface area contributed by atoms with Crippen LogP contribution < -0.4 is 14.4 Å². The van der Waals surface area contributed by atoms with Crippen LogP contribution in [0.15, 0.2) is 42.5 Å². The number of ether oxygens (including phenoxy) is 2. The maximum absolute atomic E-state index is 6.38. The molecule has 3 aromatic rings. The number of halogens is 1. The lowest BCUT2D eigenvalue weighted by molar-refractivity contribution is 0.247. The van der Waals surface area contributed by atoms with Gasteiger partial charge in [-0.3, -0.25) is 4.90 Å². The van der Waals surface area contributed by atoms with Crippen molar-refractivity contribution in [3.05, 3.63) is 53.2 Å². The second kappa shape index (κ2) is 8.98. The van der Waals surface area contributed by atoms with Crippen molar-refractivity contribution in [3.63, 3.8) is 0 Å². The molecule has 6 nitrogen and oxygen atoms in total. The summed E-state index contributed by atoms with van der Waals surface area (Å²) in [7, 11) is 3.35. The highest BCUT2D eigenvalue weighted by Gasteiger charge is 2.21. The van der Waals surface area contributed by atoms with Gasteiger partial charge in [-0.2, -0.15) is 0 Å². The average molecular weight is 431 g/mol. The van der Waals surface area contributed by atoms with Gasteiger partial charge in [0.2, 0.25) is 0 Å². The molecule has 1 fully saturated rings. The predicted molar refractivity (Wildman–Crippen MR) is 117 cm³/mol. The summed E-state index contributed by atoms with van der Waals surface area (Å²) in [5.74, 6) is 1.61. The van der Waals surface area contributed by atoms with E-state index in [1.807, 2.05) is 30.3 Å². The molecule has 0 saturated carbocycles. The Morgan fingerprint density at radius 1 is 1.00 bits per heavy atom. The predicted octanol–water partition coefficient (Wildman–Crippen LogP) is 4.20. The summed E-state index contributed by atoms with van der Waals surface area (Å²) < 4.78 is 15.0. The Labute approximate surface area is 179 Å². The minimum Gasteiger partial charge on any atom is -0.497 e. The van der Waals surface area contributed by atoms with Gasteiger partial charge in [0.05, 0.1) is 24.8 Å². The fourth-order valence-electron chi connectivity index (χ4n) is 3.51. The monoisotopic (exact) mass is 430 g/mol. The summed E-state index contributed by atoms with van der Waals surface area (Å²) in [5, 5.41) is 5.10. The van der Waals surface area contributed by atoms with Crippen molar-refractivity contribution in [3.8, 4) is 21.9 Å². The van der Waals surface area contributed by atoms with Gasteiger partial charge in [0, 0.05) is 67.2 Å². The van der Waals surface area contributed by atoms with E-state index in [0.29, 0.717) is 0 Å². The van der Waals surface area contributed by atoms with Gasteiger partial charge in [-0.25, -0.2) is 0 Å². The lowest BCUT2D eigenvalue weighted by Crippen LogP contribution is -2.46. The van der Waals surface area contributed by atoms with Crippen molar-refractivity contribution in [2.45, 2.75) is 6.54 Å². The van der Waals surface area contributed by atoms with E-state index in [9.17, 15) is 0 Å². The number of rotatable bonds is 6. The molecule has 0 spiro atoms. The number of anilines is 1. The van der Waals surface area contributed by atoms with Gasteiger partial charge in [0.15, 0.2) is 0 Å². The van der Waals surface area contributed by atoms with E-state index < -0.39 is 0 Å². The summed E-state index contributed by atoms with van der Waals surface area (Å²) in [5.41, 5.74) is 3.11. The molecular weight excluding hydrogens is 408 g/mol. The van der Waals surface area contributed by atoms with Crippen LogP contribution in [0.25, 0.3) is 10.4 Å². The van der Waals surface area contributed by atoms with Crippen molar-refractivity contribution in [2.75, 3.05) is 45.3 Å². The van der Waals surface area contributed by atoms with E-state index in [1.54, 1.807) is 14.2 Å². The first-order valence-electron chi connectivity index (χ1n) is 9.44. The van der Waals surface area contributed by atoms with Crippen LogP contribution in [0.4, 0.5) is 5.69 Å². The van der Waals surface area contributed by atoms with Crippen molar-refractivity contribution in [2.24, 2.45) is 0 Å². The van der Waals surface area contributed by atoms with E-state index >= 15 is 0 Å². The second-order valence-corrected chi connectivity index (χ2v) is 8.02. The van der Waals surface area contributed by atoms with Gasteiger partial charge in [-0.05, 0) is 17.6 Å². The first-order chi connectivity index (χ1) is 14.2. The van der Waals surface area contributed by atoms with Gasteiger partial charge in [0.1, 0.15) is 11.5 Å². The Balaban J connectivity index is 1.43. The van der Waals surface area contributed by atoms with Crippen LogP contribution in [-0.2, 0) is 6.54 Å². The molecule has 0 radical (unpaired) electrons. The molecule has 8 heteroatoms. The number of methoxy groups -OCH3 is 2. The highest BCUT2D eigenvalue weighted by atomic mass is 35.5. The van der Waals surface area contributed by atoms with E-state index in [4.69, 9.17) is 21.1 Å². The Hall–Kier alpha value is -2.35. The minimum absolute atomic E-state index is 0.733. The molecule has 1 aliphatic rings. The van der Waals surface area contributed by atoms with E-state index in [1.165, 1.54) is 11.5 Å². The highest BCUT2D eigenvalue weighted by molar-refractivity contribution is 7.09. The molecule has 2 aromatic carbocycles. The van der Waals surface area contributed by atoms with Crippen LogP contribution in [0, 0.1) is 0 Å². The maximum Gasteiger partial charge on any atom is 0.124 e. The van der Waals surface area contributed by atoms with Crippen LogP contribution in [0.5, 0.6) is 11.5 Å². The molecule has 29 heavy (non-hydrogen) atoms. The highest BCUT2D eigenvalue weighted by Crippen LogP contribution is 2.33. The molecular formula is C21H23ClN4O2S. The Bertz CT molecular complexity index is 951. The summed E-state index contributed by atoms with van der Waals surface area (Å²) in [6, 6.07) is 13.9. The molecule has 0 unspecified atom stereocenters. The number of hydrogen-bond donors (Lipinski definition) is 0. The average Bonchev–Trinajstić information content (AvgIpc) is 3.22. The standard InChI is InChI=1S/C21H23ClN4O2S/c1-27-16-11-15(12-17(13-16)28-2)26-9-7-25(8-10-26)14-20-21(29-24-23-20)18-5-3-4-6-19(18)22/h3-6,11-13H,7-10,14H2,1-2H3. The van der Waals surface area contributed by atoms with Crippen LogP contribution >= 0.6 is 23.1 Å². The number of hydrogen-bond acceptors (Lipinski definition) is 7. The number of benzene rings is 2. The van der Waals surface area contributed by atoms with Gasteiger partial charge in [-0.15, -0.1) is 5.10 Å². The molecule has 0 bridgehead atoms. The number of piperazine rings is 1. The van der Waals surface area contributed by atoms with Crippen molar-refractivity contribution in [1.82, 2.24) is 14.5 Å². The topological polar surface area (TPSA) is 50.7 Å². The lowest BCUT2D eigenvalue weighted by atomic mass is 10.1. The van der Waals surface area contributed by atoms with E-state index in [2.05, 4.69) is 31.5 Å². The zero-order valence-corrected chi connectivity index (χ0v) is 18.0. The third kappa shape index (κ3) is 4.47. The van der Waals surface area contributed by atoms with Crippen LogP contribution in [0.1, 0.15) is 5.69 Å². The van der Waals surface area contributed by atoms with Gasteiger partial charge in [0.25, 0.3) is 0 Å². The van der Waals surface area contributed by atoms with E-state index in [-0.39, 0.29) is 0 Å². The fourth-order valence-corrected chi connectivity index (χ4v) is 4.51. The minimum atomic E-state index is 0.733. The largest absolute Gasteiger partial charge is 0.497 e. The third-order valence-electron chi connectivity index (χ3n) is 5.12. The Morgan fingerprint density at radius 2 is 1.69 bits per heavy atom. The van der Waals surface area contributed by atoms with Crippen molar-refractivity contribution < 1.29 is 9.47 Å². The SMILES string of the molecule is COc1cc(OC)cc(N2CCN(Cc3nnsc3-c3ccccc3Cl)CC2)c1. The number of nitrogens with zero attached hydrogens (tertiary/aromatic N) is 4. The molecule has 1 aliphatic heterocycles. The summed E-state index contributed by atoms with van der Waals surface area (Å²) in [4.78, 5) is 5.82. The summed E-state index contributed by atoms with van der Waals surface area (Å²) >= 11 is 7.78. The van der Waals surface area contributed by atoms with Crippen LogP contribution in [0.3, 0.4) is 0 Å². The Morgan fingerprint density at radius 3 is 2.34 bits per heavy atom. The van der Waals surface area contributed by atoms with Crippen LogP contribution in [-0.4, -0.2) is 54.9 Å². The molecule has 4 rings (SSSR count).